The molecule has 204 valence electrons. The normalized spacial score (nSPS) is 11.8. The van der Waals surface area contributed by atoms with Crippen molar-refractivity contribution in [3.63, 3.8) is 0 Å². The molecule has 0 aliphatic carbocycles. The molecule has 0 aliphatic heterocycles. The Kier molecular flexibility index (Phi) is 7.43. The molecule has 13 heteroatoms. The first-order chi connectivity index (χ1) is 18.4. The van der Waals surface area contributed by atoms with Crippen LogP contribution in [-0.2, 0) is 17.1 Å². The van der Waals surface area contributed by atoms with Gasteiger partial charge in [0.15, 0.2) is 6.61 Å². The highest BCUT2D eigenvalue weighted by atomic mass is 19.4. The Labute approximate surface area is 215 Å². The number of carbonyl (C=O) groups is 1. The van der Waals surface area contributed by atoms with Crippen LogP contribution < -0.4 is 25.0 Å². The molecule has 0 saturated carbocycles. The van der Waals surface area contributed by atoms with E-state index in [1.54, 1.807) is 0 Å². The van der Waals surface area contributed by atoms with Gasteiger partial charge in [-0.3, -0.25) is 9.59 Å². The molecule has 0 atom stereocenters. The van der Waals surface area contributed by atoms with Gasteiger partial charge >= 0.3 is 12.4 Å². The largest absolute Gasteiger partial charge is 0.497 e. The second kappa shape index (κ2) is 10.6. The summed E-state index contributed by atoms with van der Waals surface area (Å²) in [6, 6.07) is 13.0. The van der Waals surface area contributed by atoms with Crippen molar-refractivity contribution >= 4 is 22.6 Å². The summed E-state index contributed by atoms with van der Waals surface area (Å²) in [4.78, 5) is 25.1. The zero-order valence-electron chi connectivity index (χ0n) is 19.8. The lowest BCUT2D eigenvalue weighted by Crippen LogP contribution is -2.22. The Morgan fingerprint density at radius 2 is 1.51 bits per heavy atom. The highest BCUT2D eigenvalue weighted by molar-refractivity contribution is 5.92. The second-order valence-corrected chi connectivity index (χ2v) is 7.90. The smallest absolute Gasteiger partial charge is 0.453 e. The van der Waals surface area contributed by atoms with Crippen LogP contribution in [0.15, 0.2) is 75.9 Å². The molecule has 7 nitrogen and oxygen atoms in total. The van der Waals surface area contributed by atoms with Crippen molar-refractivity contribution in [2.24, 2.45) is 0 Å². The van der Waals surface area contributed by atoms with Crippen LogP contribution in [0.4, 0.5) is 32.0 Å². The summed E-state index contributed by atoms with van der Waals surface area (Å²) in [5.41, 5.74) is -3.21. The third-order valence-corrected chi connectivity index (χ3v) is 5.24. The highest BCUT2D eigenvalue weighted by Gasteiger charge is 2.40. The number of anilines is 1. The average molecular weight is 553 g/mol. The molecule has 0 fully saturated rings. The van der Waals surface area contributed by atoms with Gasteiger partial charge in [0.05, 0.1) is 23.7 Å². The number of hydrogen-bond donors (Lipinski definition) is 1. The maximum atomic E-state index is 13.8. The van der Waals surface area contributed by atoms with Crippen LogP contribution in [0.5, 0.6) is 23.0 Å². The molecule has 0 bridgehead atoms. The minimum atomic E-state index is -5.11. The zero-order valence-corrected chi connectivity index (χ0v) is 19.8. The van der Waals surface area contributed by atoms with E-state index in [1.165, 1.54) is 43.5 Å². The van der Waals surface area contributed by atoms with Crippen LogP contribution in [0.3, 0.4) is 0 Å². The number of para-hydroxylation sites is 1. The van der Waals surface area contributed by atoms with E-state index in [4.69, 9.17) is 18.6 Å². The predicted octanol–water partition coefficient (Wildman–Crippen LogP) is 6.65. The van der Waals surface area contributed by atoms with E-state index in [0.29, 0.717) is 5.75 Å². The van der Waals surface area contributed by atoms with Gasteiger partial charge in [0, 0.05) is 6.07 Å². The monoisotopic (exact) mass is 553 g/mol. The standard InChI is InChI=1S/C26H17F6NO6/c1-36-14-6-8-15(9-7-14)38-23-22(35)17-11-10-16(12-20(17)39-24(23)26(30,31)32)37-13-21(34)33-19-5-3-2-4-18(19)25(27,28)29/h2-12H,13H2,1H3,(H,33,34). The summed E-state index contributed by atoms with van der Waals surface area (Å²) >= 11 is 0. The minimum absolute atomic E-state index is 0.0778. The lowest BCUT2D eigenvalue weighted by Gasteiger charge is -2.15. The first-order valence-corrected chi connectivity index (χ1v) is 11.0. The van der Waals surface area contributed by atoms with E-state index in [0.717, 1.165) is 30.3 Å². The van der Waals surface area contributed by atoms with Gasteiger partial charge in [0.2, 0.25) is 11.2 Å². The predicted molar refractivity (Wildman–Crippen MR) is 126 cm³/mol. The molecular weight excluding hydrogens is 536 g/mol. The average Bonchev–Trinajstić information content (AvgIpc) is 2.88. The van der Waals surface area contributed by atoms with E-state index in [1.807, 2.05) is 0 Å². The summed E-state index contributed by atoms with van der Waals surface area (Å²) in [6.07, 6.45) is -9.83. The van der Waals surface area contributed by atoms with Gasteiger partial charge in [-0.25, -0.2) is 0 Å². The van der Waals surface area contributed by atoms with Crippen LogP contribution in [0.25, 0.3) is 11.0 Å². The Bertz CT molecular complexity index is 1560. The number of benzene rings is 3. The molecule has 0 unspecified atom stereocenters. The number of amides is 1. The summed E-state index contributed by atoms with van der Waals surface area (Å²) in [6.45, 7) is -0.785. The third-order valence-electron chi connectivity index (χ3n) is 5.24. The molecule has 0 saturated heterocycles. The molecule has 3 aromatic carbocycles. The molecule has 0 aliphatic rings. The molecular formula is C26H17F6NO6. The Morgan fingerprint density at radius 3 is 2.15 bits per heavy atom. The maximum absolute atomic E-state index is 13.8. The van der Waals surface area contributed by atoms with Gasteiger partial charge in [-0.2, -0.15) is 26.3 Å². The van der Waals surface area contributed by atoms with Crippen molar-refractivity contribution in [2.75, 3.05) is 19.0 Å². The van der Waals surface area contributed by atoms with Crippen molar-refractivity contribution in [2.45, 2.75) is 12.4 Å². The fourth-order valence-corrected chi connectivity index (χ4v) is 3.46. The van der Waals surface area contributed by atoms with Crippen LogP contribution >= 0.6 is 0 Å². The zero-order chi connectivity index (χ0) is 28.4. The first kappa shape index (κ1) is 27.4. The number of ether oxygens (including phenoxy) is 3. The number of alkyl halides is 6. The van der Waals surface area contributed by atoms with Crippen molar-refractivity contribution in [1.29, 1.82) is 0 Å². The Morgan fingerprint density at radius 1 is 0.872 bits per heavy atom. The van der Waals surface area contributed by atoms with E-state index < -0.39 is 58.6 Å². The maximum Gasteiger partial charge on any atom is 0.453 e. The summed E-state index contributed by atoms with van der Waals surface area (Å²) in [5, 5.41) is 1.79. The highest BCUT2D eigenvalue weighted by Crippen LogP contribution is 2.39. The van der Waals surface area contributed by atoms with Crippen molar-refractivity contribution in [3.8, 4) is 23.0 Å². The third kappa shape index (κ3) is 6.25. The molecule has 1 aromatic heterocycles. The van der Waals surface area contributed by atoms with Crippen LogP contribution in [-0.4, -0.2) is 19.6 Å². The Hall–Kier alpha value is -4.68. The van der Waals surface area contributed by atoms with Crippen molar-refractivity contribution in [1.82, 2.24) is 0 Å². The van der Waals surface area contributed by atoms with E-state index in [-0.39, 0.29) is 16.9 Å². The number of halogens is 6. The van der Waals surface area contributed by atoms with Crippen LogP contribution in [0.1, 0.15) is 11.3 Å². The molecule has 39 heavy (non-hydrogen) atoms. The number of hydrogen-bond acceptors (Lipinski definition) is 6. The van der Waals surface area contributed by atoms with Crippen molar-refractivity contribution in [3.05, 3.63) is 88.3 Å². The fraction of sp³-hybridized carbons (Fsp3) is 0.154. The van der Waals surface area contributed by atoms with Gasteiger partial charge in [-0.15, -0.1) is 0 Å². The molecule has 1 heterocycles. The quantitative estimate of drug-likeness (QED) is 0.258. The number of nitrogens with one attached hydrogen (secondary N) is 1. The van der Waals surface area contributed by atoms with Gasteiger partial charge in [-0.1, -0.05) is 12.1 Å². The lowest BCUT2D eigenvalue weighted by atomic mass is 10.1. The first-order valence-electron chi connectivity index (χ1n) is 11.0. The minimum Gasteiger partial charge on any atom is -0.497 e. The number of rotatable bonds is 7. The van der Waals surface area contributed by atoms with Gasteiger partial charge in [-0.05, 0) is 48.5 Å². The van der Waals surface area contributed by atoms with E-state index >= 15 is 0 Å². The molecule has 4 aromatic rings. The molecule has 4 rings (SSSR count). The summed E-state index contributed by atoms with van der Waals surface area (Å²) < 4.78 is 101. The van der Waals surface area contributed by atoms with Crippen LogP contribution in [0, 0.1) is 0 Å². The topological polar surface area (TPSA) is 87.0 Å². The van der Waals surface area contributed by atoms with Crippen LogP contribution in [0.2, 0.25) is 0 Å². The Balaban J connectivity index is 1.58. The summed E-state index contributed by atoms with van der Waals surface area (Å²) in [7, 11) is 1.40. The number of fused-ring (bicyclic) bond motifs is 1. The second-order valence-electron chi connectivity index (χ2n) is 7.90. The number of methoxy groups -OCH3 is 1. The van der Waals surface area contributed by atoms with Gasteiger partial charge in [0.1, 0.15) is 22.8 Å². The fourth-order valence-electron chi connectivity index (χ4n) is 3.46. The molecule has 1 N–H and O–H groups in total. The number of carbonyl (C=O) groups excluding carboxylic acids is 1. The van der Waals surface area contributed by atoms with Gasteiger partial charge in [0.25, 0.3) is 11.7 Å². The molecule has 0 spiro atoms. The lowest BCUT2D eigenvalue weighted by molar-refractivity contribution is -0.154. The molecule has 0 radical (unpaired) electrons. The van der Waals surface area contributed by atoms with Crippen molar-refractivity contribution < 1.29 is 49.8 Å². The van der Waals surface area contributed by atoms with E-state index in [2.05, 4.69) is 5.32 Å². The summed E-state index contributed by atoms with van der Waals surface area (Å²) in [5.74, 6) is -3.60. The van der Waals surface area contributed by atoms with Gasteiger partial charge < -0.3 is 23.9 Å². The SMILES string of the molecule is COc1ccc(Oc2c(C(F)(F)F)oc3cc(OCC(=O)Nc4ccccc4C(F)(F)F)ccc3c2=O)cc1. The molecule has 1 amide bonds. The van der Waals surface area contributed by atoms with E-state index in [9.17, 15) is 35.9 Å².